The van der Waals surface area contributed by atoms with Gasteiger partial charge < -0.3 is 10.1 Å². The number of nitrogens with one attached hydrogen (secondary N) is 1. The number of benzene rings is 1. The van der Waals surface area contributed by atoms with Crippen molar-refractivity contribution in [3.63, 3.8) is 0 Å². The fourth-order valence-corrected chi connectivity index (χ4v) is 3.45. The molecular formula is C17H25NO. The molecule has 2 atom stereocenters. The van der Waals surface area contributed by atoms with Gasteiger partial charge in [0.1, 0.15) is 0 Å². The first-order chi connectivity index (χ1) is 9.38. The van der Waals surface area contributed by atoms with Gasteiger partial charge in [-0.15, -0.1) is 0 Å². The number of ether oxygens (including phenoxy) is 1. The molecule has 1 aliphatic carbocycles. The monoisotopic (exact) mass is 259 g/mol. The van der Waals surface area contributed by atoms with Crippen LogP contribution in [0, 0.1) is 5.92 Å². The van der Waals surface area contributed by atoms with Gasteiger partial charge in [-0.3, -0.25) is 0 Å². The summed E-state index contributed by atoms with van der Waals surface area (Å²) in [5.41, 5.74) is 2.99. The van der Waals surface area contributed by atoms with Crippen molar-refractivity contribution in [2.75, 3.05) is 20.3 Å². The van der Waals surface area contributed by atoms with E-state index in [4.69, 9.17) is 4.74 Å². The summed E-state index contributed by atoms with van der Waals surface area (Å²) in [6, 6.07) is 9.69. The summed E-state index contributed by atoms with van der Waals surface area (Å²) in [5.74, 6) is 1.44. The Kier molecular flexibility index (Phi) is 4.19. The van der Waals surface area contributed by atoms with E-state index < -0.39 is 0 Å². The Morgan fingerprint density at radius 3 is 2.74 bits per heavy atom. The van der Waals surface area contributed by atoms with Gasteiger partial charge in [0, 0.05) is 18.6 Å². The largest absolute Gasteiger partial charge is 0.381 e. The first-order valence-electron chi connectivity index (χ1n) is 7.73. The number of hydrogen-bond acceptors (Lipinski definition) is 2. The number of rotatable bonds is 4. The van der Waals surface area contributed by atoms with Crippen LogP contribution in [0.5, 0.6) is 0 Å². The molecule has 0 bridgehead atoms. The van der Waals surface area contributed by atoms with Crippen molar-refractivity contribution in [3.05, 3.63) is 35.4 Å². The minimum Gasteiger partial charge on any atom is -0.381 e. The first kappa shape index (κ1) is 13.1. The van der Waals surface area contributed by atoms with Gasteiger partial charge in [-0.2, -0.15) is 0 Å². The van der Waals surface area contributed by atoms with Crippen LogP contribution in [0.1, 0.15) is 55.2 Å². The topological polar surface area (TPSA) is 21.3 Å². The molecule has 2 aliphatic rings. The molecule has 1 aromatic rings. The molecule has 1 heterocycles. The third-order valence-corrected chi connectivity index (χ3v) is 4.82. The molecule has 2 nitrogen and oxygen atoms in total. The Morgan fingerprint density at radius 2 is 2.11 bits per heavy atom. The van der Waals surface area contributed by atoms with Gasteiger partial charge in [-0.1, -0.05) is 30.7 Å². The summed E-state index contributed by atoms with van der Waals surface area (Å²) in [6.45, 7) is 1.84. The Labute approximate surface area is 116 Å². The molecular weight excluding hydrogens is 234 g/mol. The Balaban J connectivity index is 1.77. The molecule has 0 spiro atoms. The van der Waals surface area contributed by atoms with Crippen LogP contribution in [0.15, 0.2) is 24.3 Å². The van der Waals surface area contributed by atoms with Crippen LogP contribution in [0.4, 0.5) is 0 Å². The van der Waals surface area contributed by atoms with Crippen molar-refractivity contribution in [1.82, 2.24) is 5.32 Å². The van der Waals surface area contributed by atoms with E-state index in [1.165, 1.54) is 37.7 Å². The van der Waals surface area contributed by atoms with Crippen LogP contribution in [0.25, 0.3) is 0 Å². The minimum atomic E-state index is 0.445. The van der Waals surface area contributed by atoms with Crippen LogP contribution in [0.2, 0.25) is 0 Å². The van der Waals surface area contributed by atoms with Crippen LogP contribution in [-0.2, 0) is 4.74 Å². The summed E-state index contributed by atoms with van der Waals surface area (Å²) >= 11 is 0. The smallest absolute Gasteiger partial charge is 0.0512 e. The molecule has 1 saturated carbocycles. The Morgan fingerprint density at radius 1 is 1.21 bits per heavy atom. The van der Waals surface area contributed by atoms with E-state index in [2.05, 4.69) is 36.6 Å². The van der Waals surface area contributed by atoms with Crippen LogP contribution >= 0.6 is 0 Å². The van der Waals surface area contributed by atoms with E-state index >= 15 is 0 Å². The molecule has 1 aromatic carbocycles. The lowest BCUT2D eigenvalue weighted by Crippen LogP contribution is -2.31. The average Bonchev–Trinajstić information content (AvgIpc) is 2.39. The third-order valence-electron chi connectivity index (χ3n) is 4.82. The lowest BCUT2D eigenvalue weighted by atomic mass is 9.78. The fourth-order valence-electron chi connectivity index (χ4n) is 3.45. The summed E-state index contributed by atoms with van der Waals surface area (Å²) in [4.78, 5) is 0. The van der Waals surface area contributed by atoms with E-state index in [-0.39, 0.29) is 0 Å². The van der Waals surface area contributed by atoms with Gasteiger partial charge in [0.2, 0.25) is 0 Å². The zero-order chi connectivity index (χ0) is 13.1. The van der Waals surface area contributed by atoms with Gasteiger partial charge in [-0.05, 0) is 49.8 Å². The van der Waals surface area contributed by atoms with E-state index in [0.717, 1.165) is 19.1 Å². The maximum Gasteiger partial charge on any atom is 0.0512 e. The molecule has 2 heteroatoms. The normalized spacial score (nSPS) is 25.8. The van der Waals surface area contributed by atoms with Gasteiger partial charge in [0.25, 0.3) is 0 Å². The Hall–Kier alpha value is -0.860. The highest BCUT2D eigenvalue weighted by atomic mass is 16.5. The molecule has 1 aliphatic heterocycles. The van der Waals surface area contributed by atoms with E-state index in [1.54, 1.807) is 5.56 Å². The average molecular weight is 259 g/mol. The fraction of sp³-hybridized carbons (Fsp3) is 0.647. The molecule has 2 unspecified atom stereocenters. The molecule has 1 saturated heterocycles. The third kappa shape index (κ3) is 2.85. The van der Waals surface area contributed by atoms with Gasteiger partial charge in [0.15, 0.2) is 0 Å². The van der Waals surface area contributed by atoms with Crippen molar-refractivity contribution in [2.45, 2.75) is 44.1 Å². The molecule has 2 fully saturated rings. The second-order valence-corrected chi connectivity index (χ2v) is 6.04. The molecule has 19 heavy (non-hydrogen) atoms. The lowest BCUT2D eigenvalue weighted by Gasteiger charge is -2.32. The van der Waals surface area contributed by atoms with E-state index in [9.17, 15) is 0 Å². The van der Waals surface area contributed by atoms with E-state index in [0.29, 0.717) is 12.0 Å². The summed E-state index contributed by atoms with van der Waals surface area (Å²) in [7, 11) is 2.08. The predicted octanol–water partition coefficient (Wildman–Crippen LogP) is 3.64. The van der Waals surface area contributed by atoms with Crippen LogP contribution in [0.3, 0.4) is 0 Å². The quantitative estimate of drug-likeness (QED) is 0.891. The van der Waals surface area contributed by atoms with Gasteiger partial charge >= 0.3 is 0 Å². The molecule has 1 N–H and O–H groups in total. The second-order valence-electron chi connectivity index (χ2n) is 6.04. The summed E-state index contributed by atoms with van der Waals surface area (Å²) in [5, 5.41) is 3.51. The minimum absolute atomic E-state index is 0.445. The van der Waals surface area contributed by atoms with Crippen molar-refractivity contribution < 1.29 is 4.74 Å². The van der Waals surface area contributed by atoms with Crippen molar-refractivity contribution in [2.24, 2.45) is 5.92 Å². The highest BCUT2D eigenvalue weighted by Crippen LogP contribution is 2.38. The maximum atomic E-state index is 5.66. The standard InChI is InChI=1S/C17H25NO/c1-18-17(16-9-4-10-19-12-16)15-8-3-7-14(11-15)13-5-2-6-13/h3,7-8,11,13,16-18H,2,4-6,9-10,12H2,1H3. The zero-order valence-corrected chi connectivity index (χ0v) is 11.9. The molecule has 3 rings (SSSR count). The molecule has 104 valence electrons. The van der Waals surface area contributed by atoms with Crippen LogP contribution < -0.4 is 5.32 Å². The van der Waals surface area contributed by atoms with Gasteiger partial charge in [0.05, 0.1) is 6.61 Å². The van der Waals surface area contributed by atoms with Crippen molar-refractivity contribution >= 4 is 0 Å². The highest BCUT2D eigenvalue weighted by molar-refractivity contribution is 5.30. The number of hydrogen-bond donors (Lipinski definition) is 1. The van der Waals surface area contributed by atoms with Crippen LogP contribution in [-0.4, -0.2) is 20.3 Å². The highest BCUT2D eigenvalue weighted by Gasteiger charge is 2.26. The molecule has 0 aromatic heterocycles. The molecule has 0 radical (unpaired) electrons. The van der Waals surface area contributed by atoms with Crippen molar-refractivity contribution in [1.29, 1.82) is 0 Å². The summed E-state index contributed by atoms with van der Waals surface area (Å²) < 4.78 is 5.66. The van der Waals surface area contributed by atoms with E-state index in [1.807, 2.05) is 0 Å². The predicted molar refractivity (Wildman–Crippen MR) is 78.4 cm³/mol. The maximum absolute atomic E-state index is 5.66. The second kappa shape index (κ2) is 6.06. The first-order valence-corrected chi connectivity index (χ1v) is 7.73. The van der Waals surface area contributed by atoms with Crippen molar-refractivity contribution in [3.8, 4) is 0 Å². The zero-order valence-electron chi connectivity index (χ0n) is 11.9. The summed E-state index contributed by atoms with van der Waals surface area (Å²) in [6.07, 6.45) is 6.63. The van der Waals surface area contributed by atoms with Gasteiger partial charge in [-0.25, -0.2) is 0 Å². The SMILES string of the molecule is CNC(c1cccc(C2CCC2)c1)C1CCCOC1. The Bertz CT molecular complexity index is 407. The molecule has 0 amide bonds. The lowest BCUT2D eigenvalue weighted by molar-refractivity contribution is 0.0402.